The molecule has 4 aromatic heterocycles. The van der Waals surface area contributed by atoms with Crippen molar-refractivity contribution in [3.8, 4) is 0 Å². The summed E-state index contributed by atoms with van der Waals surface area (Å²) in [6, 6.07) is 0. The minimum atomic E-state index is -0.546. The summed E-state index contributed by atoms with van der Waals surface area (Å²) in [7, 11) is 0. The summed E-state index contributed by atoms with van der Waals surface area (Å²) in [5, 5.41) is 19.4. The van der Waals surface area contributed by atoms with Crippen molar-refractivity contribution < 1.29 is 14.3 Å². The first-order chi connectivity index (χ1) is 15.1. The number of H-pyrrole nitrogens is 2. The highest BCUT2D eigenvalue weighted by Crippen LogP contribution is 2.33. The molecule has 170 valence electrons. The number of amides is 2. The van der Waals surface area contributed by atoms with Crippen LogP contribution in [0.2, 0.25) is 0 Å². The number of ether oxygens (including phenoxy) is 1. The van der Waals surface area contributed by atoms with Crippen LogP contribution in [0.25, 0.3) is 20.7 Å². The Morgan fingerprint density at radius 1 is 1.03 bits per heavy atom. The Morgan fingerprint density at radius 3 is 2.38 bits per heavy atom. The topological polar surface area (TPSA) is 203 Å². The van der Waals surface area contributed by atoms with Crippen LogP contribution in [0.5, 0.6) is 0 Å². The van der Waals surface area contributed by atoms with Gasteiger partial charge in [0.15, 0.2) is 27.4 Å². The number of nitrogens with zero attached hydrogens (tertiary/aromatic N) is 4. The smallest absolute Gasteiger partial charge is 0.413 e. The number of fused-ring (bicyclic) bond motifs is 2. The van der Waals surface area contributed by atoms with Gasteiger partial charge >= 0.3 is 6.09 Å². The molecule has 1 fully saturated rings. The SMILES string of the molecule is CC(C)(C)OC(=O)Nc1[nH]nc2nc(N)sc12.Nc1[nH]nc2nc(NC(=O)C3CC3)sc12. The fourth-order valence-corrected chi connectivity index (χ4v) is 4.09. The minimum Gasteiger partial charge on any atom is -0.444 e. The zero-order valence-electron chi connectivity index (χ0n) is 17.5. The number of thiazole rings is 2. The van der Waals surface area contributed by atoms with Crippen LogP contribution in [0.15, 0.2) is 0 Å². The molecule has 5 rings (SSSR count). The van der Waals surface area contributed by atoms with Gasteiger partial charge in [-0.05, 0) is 33.6 Å². The van der Waals surface area contributed by atoms with Crippen LogP contribution in [0.1, 0.15) is 33.6 Å². The third-order valence-electron chi connectivity index (χ3n) is 4.07. The lowest BCUT2D eigenvalue weighted by atomic mass is 10.2. The van der Waals surface area contributed by atoms with Crippen molar-refractivity contribution in [3.05, 3.63) is 0 Å². The number of rotatable bonds is 3. The number of nitrogens with one attached hydrogen (secondary N) is 4. The predicted molar refractivity (Wildman–Crippen MR) is 124 cm³/mol. The van der Waals surface area contributed by atoms with Gasteiger partial charge < -0.3 is 21.5 Å². The van der Waals surface area contributed by atoms with Gasteiger partial charge in [-0.25, -0.2) is 4.79 Å². The van der Waals surface area contributed by atoms with Crippen LogP contribution in [-0.4, -0.2) is 48.0 Å². The lowest BCUT2D eigenvalue weighted by Gasteiger charge is -2.19. The first kappa shape index (κ1) is 21.8. The molecular weight excluding hydrogens is 456 g/mol. The maximum Gasteiger partial charge on any atom is 0.413 e. The molecule has 13 nitrogen and oxygen atoms in total. The molecule has 0 saturated heterocycles. The third-order valence-corrected chi connectivity index (χ3v) is 5.95. The van der Waals surface area contributed by atoms with Crippen molar-refractivity contribution in [3.63, 3.8) is 0 Å². The Morgan fingerprint density at radius 2 is 1.72 bits per heavy atom. The largest absolute Gasteiger partial charge is 0.444 e. The highest BCUT2D eigenvalue weighted by Gasteiger charge is 2.30. The molecule has 1 saturated carbocycles. The average molecular weight is 479 g/mol. The minimum absolute atomic E-state index is 0.0500. The second kappa shape index (κ2) is 8.23. The van der Waals surface area contributed by atoms with Gasteiger partial charge in [0, 0.05) is 5.92 Å². The number of carbonyl (C=O) groups is 2. The van der Waals surface area contributed by atoms with E-state index in [0.717, 1.165) is 17.5 Å². The average Bonchev–Trinajstić information content (AvgIpc) is 3.06. The van der Waals surface area contributed by atoms with Gasteiger partial charge in [-0.2, -0.15) is 20.2 Å². The predicted octanol–water partition coefficient (Wildman–Crippen LogP) is 2.90. The van der Waals surface area contributed by atoms with E-state index in [-0.39, 0.29) is 11.8 Å². The molecule has 4 heterocycles. The van der Waals surface area contributed by atoms with Crippen molar-refractivity contribution >= 4 is 77.3 Å². The number of hydrogen-bond acceptors (Lipinski definition) is 11. The van der Waals surface area contributed by atoms with Gasteiger partial charge in [0.05, 0.1) is 0 Å². The molecule has 0 unspecified atom stereocenters. The van der Waals surface area contributed by atoms with Crippen LogP contribution in [0.4, 0.5) is 26.7 Å². The van der Waals surface area contributed by atoms with E-state index in [9.17, 15) is 9.59 Å². The van der Waals surface area contributed by atoms with E-state index in [1.54, 1.807) is 20.8 Å². The quantitative estimate of drug-likeness (QED) is 0.256. The molecule has 0 spiro atoms. The molecule has 0 bridgehead atoms. The van der Waals surface area contributed by atoms with E-state index in [1.807, 2.05) is 0 Å². The second-order valence-corrected chi connectivity index (χ2v) is 10.0. The number of aromatic nitrogens is 6. The monoisotopic (exact) mass is 478 g/mol. The zero-order valence-corrected chi connectivity index (χ0v) is 19.1. The van der Waals surface area contributed by atoms with Crippen LogP contribution in [-0.2, 0) is 9.53 Å². The van der Waals surface area contributed by atoms with Crippen molar-refractivity contribution in [2.24, 2.45) is 5.92 Å². The summed E-state index contributed by atoms with van der Waals surface area (Å²) < 4.78 is 6.62. The first-order valence-electron chi connectivity index (χ1n) is 9.60. The fourth-order valence-electron chi connectivity index (χ4n) is 2.55. The summed E-state index contributed by atoms with van der Waals surface area (Å²) in [5.41, 5.74) is 11.7. The van der Waals surface area contributed by atoms with Crippen LogP contribution in [0.3, 0.4) is 0 Å². The molecule has 0 atom stereocenters. The Kier molecular flexibility index (Phi) is 5.60. The van der Waals surface area contributed by atoms with E-state index in [1.165, 1.54) is 22.7 Å². The van der Waals surface area contributed by atoms with Gasteiger partial charge in [0.25, 0.3) is 0 Å². The Bertz CT molecular complexity index is 1280. The van der Waals surface area contributed by atoms with Crippen LogP contribution in [0, 0.1) is 5.92 Å². The molecule has 0 radical (unpaired) electrons. The maximum absolute atomic E-state index is 11.5. The summed E-state index contributed by atoms with van der Waals surface area (Å²) in [5.74, 6) is 1.17. The van der Waals surface area contributed by atoms with Crippen LogP contribution < -0.4 is 22.1 Å². The van der Waals surface area contributed by atoms with E-state index >= 15 is 0 Å². The summed E-state index contributed by atoms with van der Waals surface area (Å²) in [6.45, 7) is 5.37. The lowest BCUT2D eigenvalue weighted by Crippen LogP contribution is -2.27. The standard InChI is InChI=1S/C9H13N5O2S.C8H9N5OS/c1-9(2,3)16-8(15)12-6-4-5(13-14-6)11-7(10)17-4;9-5-4-6(13-12-5)10-8(15-4)11-7(14)3-1-2-3/h1-3H3,(H4,10,11,12,13,14,15);3H,1-2H2,(H4,9,10,11,12,13,14). The third kappa shape index (κ3) is 5.05. The molecule has 15 heteroatoms. The molecule has 4 aromatic rings. The number of carbonyl (C=O) groups excluding carboxylic acids is 2. The summed E-state index contributed by atoms with van der Waals surface area (Å²) in [6.07, 6.45) is 1.42. The Balaban J connectivity index is 0.000000154. The van der Waals surface area contributed by atoms with Crippen LogP contribution >= 0.6 is 22.7 Å². The number of nitrogens with two attached hydrogens (primary N) is 2. The molecule has 8 N–H and O–H groups in total. The molecule has 1 aliphatic rings. The highest BCUT2D eigenvalue weighted by molar-refractivity contribution is 7.23. The van der Waals surface area contributed by atoms with Crippen molar-refractivity contribution in [1.29, 1.82) is 0 Å². The Hall–Kier alpha value is -3.46. The number of anilines is 4. The highest BCUT2D eigenvalue weighted by atomic mass is 32.1. The second-order valence-electron chi connectivity index (χ2n) is 8.00. The summed E-state index contributed by atoms with van der Waals surface area (Å²) in [4.78, 5) is 31.1. The molecule has 0 aromatic carbocycles. The zero-order chi connectivity index (χ0) is 23.0. The van der Waals surface area contributed by atoms with Crippen molar-refractivity contribution in [2.45, 2.75) is 39.2 Å². The van der Waals surface area contributed by atoms with Gasteiger partial charge in [-0.1, -0.05) is 22.7 Å². The van der Waals surface area contributed by atoms with Gasteiger partial charge in [-0.15, -0.1) is 0 Å². The van der Waals surface area contributed by atoms with E-state index in [2.05, 4.69) is 41.0 Å². The molecule has 2 amide bonds. The number of aromatic amines is 2. The lowest BCUT2D eigenvalue weighted by molar-refractivity contribution is -0.117. The first-order valence-corrected chi connectivity index (χ1v) is 11.2. The molecular formula is C17H22N10O3S2. The van der Waals surface area contributed by atoms with Crippen molar-refractivity contribution in [2.75, 3.05) is 22.1 Å². The fraction of sp³-hybridized carbons (Fsp3) is 0.412. The number of hydrogen-bond donors (Lipinski definition) is 6. The molecule has 1 aliphatic carbocycles. The van der Waals surface area contributed by atoms with Gasteiger partial charge in [-0.3, -0.25) is 20.3 Å². The van der Waals surface area contributed by atoms with Gasteiger partial charge in [0.2, 0.25) is 5.91 Å². The normalized spacial score (nSPS) is 13.6. The van der Waals surface area contributed by atoms with Gasteiger partial charge in [0.1, 0.15) is 20.8 Å². The molecule has 0 aliphatic heterocycles. The summed E-state index contributed by atoms with van der Waals surface area (Å²) >= 11 is 2.59. The molecule has 32 heavy (non-hydrogen) atoms. The van der Waals surface area contributed by atoms with E-state index in [0.29, 0.717) is 37.9 Å². The van der Waals surface area contributed by atoms with Crippen molar-refractivity contribution in [1.82, 2.24) is 30.4 Å². The van der Waals surface area contributed by atoms with E-state index in [4.69, 9.17) is 16.2 Å². The number of nitrogen functional groups attached to an aromatic ring is 2. The van der Waals surface area contributed by atoms with E-state index < -0.39 is 11.7 Å². The maximum atomic E-state index is 11.5. The Labute approximate surface area is 189 Å².